The van der Waals surface area contributed by atoms with Crippen molar-refractivity contribution >= 4 is 23.7 Å². The highest BCUT2D eigenvalue weighted by Gasteiger charge is 2.35. The molecule has 0 saturated heterocycles. The first-order valence-electron chi connectivity index (χ1n) is 10.5. The lowest BCUT2D eigenvalue weighted by Gasteiger charge is -2.05. The maximum atomic E-state index is 12.9. The molecule has 0 bridgehead atoms. The summed E-state index contributed by atoms with van der Waals surface area (Å²) in [6, 6.07) is 11.8. The summed E-state index contributed by atoms with van der Waals surface area (Å²) in [7, 11) is 0. The molecule has 176 valence electrons. The van der Waals surface area contributed by atoms with Crippen molar-refractivity contribution < 1.29 is 24.7 Å². The second kappa shape index (κ2) is 9.10. The number of hydrogen-bond donors (Lipinski definition) is 3. The molecule has 3 N–H and O–H groups in total. The SMILES string of the molecule is CC1=CN(c2ccc(C(=O)O)cc2)[N+](=O)/C1=C\C=Cc1c(C)[nH]n(-c2ccc(C(=O)O)cc2)c1=O. The molecule has 0 unspecified atom stereocenters. The van der Waals surface area contributed by atoms with Gasteiger partial charge in [-0.1, -0.05) is 11.1 Å². The summed E-state index contributed by atoms with van der Waals surface area (Å²) in [5, 5.41) is 22.4. The normalized spacial score (nSPS) is 14.7. The molecule has 0 aliphatic carbocycles. The number of aromatic nitrogens is 2. The van der Waals surface area contributed by atoms with E-state index in [1.54, 1.807) is 50.4 Å². The highest BCUT2D eigenvalue weighted by atomic mass is 16.4. The standard InChI is InChI=1S/C25H20N4O6/c1-15-14-27(19-10-6-17(7-11-19)24(31)32)29(35)22(15)5-3-4-21-16(2)26-28(23(21)30)20-12-8-18(9-13-20)25(33)34/h3-14H,1-2H3,(H2-,26,30,31,32,33,34,35)/p+1. The van der Waals surface area contributed by atoms with Gasteiger partial charge in [-0.25, -0.2) is 14.3 Å². The molecule has 3 aromatic rings. The van der Waals surface area contributed by atoms with Crippen LogP contribution in [0.1, 0.15) is 38.9 Å². The summed E-state index contributed by atoms with van der Waals surface area (Å²) in [4.78, 5) is 48.5. The van der Waals surface area contributed by atoms with E-state index in [0.29, 0.717) is 38.8 Å². The number of carboxylic acid groups (broad SMARTS) is 2. The van der Waals surface area contributed by atoms with Crippen LogP contribution in [-0.4, -0.2) is 36.8 Å². The second-order valence-corrected chi connectivity index (χ2v) is 7.84. The van der Waals surface area contributed by atoms with Crippen LogP contribution >= 0.6 is 0 Å². The first kappa shape index (κ1) is 23.2. The van der Waals surface area contributed by atoms with Crippen LogP contribution in [0.3, 0.4) is 0 Å². The minimum atomic E-state index is -1.05. The topological polar surface area (TPSA) is 136 Å². The molecule has 10 nitrogen and oxygen atoms in total. The second-order valence-electron chi connectivity index (χ2n) is 7.84. The number of benzene rings is 2. The van der Waals surface area contributed by atoms with E-state index in [4.69, 9.17) is 10.2 Å². The lowest BCUT2D eigenvalue weighted by Crippen LogP contribution is -2.22. The van der Waals surface area contributed by atoms with Crippen LogP contribution in [-0.2, 0) is 0 Å². The minimum absolute atomic E-state index is 0.117. The number of aromatic amines is 1. The Morgan fingerprint density at radius 3 is 2.00 bits per heavy atom. The number of rotatable bonds is 6. The Balaban J connectivity index is 1.56. The monoisotopic (exact) mass is 473 g/mol. The number of carboxylic acids is 2. The molecule has 0 amide bonds. The number of aryl methyl sites for hydroxylation is 1. The zero-order valence-corrected chi connectivity index (χ0v) is 18.8. The average molecular weight is 473 g/mol. The molecule has 1 aromatic heterocycles. The summed E-state index contributed by atoms with van der Waals surface area (Å²) < 4.78 is 1.32. The van der Waals surface area contributed by atoms with Gasteiger partial charge in [-0.3, -0.25) is 9.89 Å². The average Bonchev–Trinajstić information content (AvgIpc) is 3.28. The van der Waals surface area contributed by atoms with Gasteiger partial charge in [0.25, 0.3) is 11.3 Å². The number of anilines is 1. The molecular formula is C25H21N4O6+. The minimum Gasteiger partial charge on any atom is -0.478 e. The van der Waals surface area contributed by atoms with Gasteiger partial charge in [0.15, 0.2) is 4.87 Å². The maximum absolute atomic E-state index is 12.9. The van der Waals surface area contributed by atoms with E-state index in [9.17, 15) is 19.3 Å². The first-order valence-corrected chi connectivity index (χ1v) is 10.5. The number of carbonyl (C=O) groups is 2. The summed E-state index contributed by atoms with van der Waals surface area (Å²) in [6.07, 6.45) is 6.42. The van der Waals surface area contributed by atoms with E-state index in [1.165, 1.54) is 46.1 Å². The fourth-order valence-corrected chi connectivity index (χ4v) is 3.63. The Labute approximate surface area is 198 Å². The molecule has 2 heterocycles. The smallest absolute Gasteiger partial charge is 0.335 e. The van der Waals surface area contributed by atoms with Gasteiger partial charge in [-0.15, -0.1) is 0 Å². The van der Waals surface area contributed by atoms with Crippen LogP contribution in [0, 0.1) is 11.8 Å². The number of hydrogen-bond acceptors (Lipinski definition) is 4. The van der Waals surface area contributed by atoms with Gasteiger partial charge in [-0.05, 0) is 68.5 Å². The van der Waals surface area contributed by atoms with Crippen LogP contribution in [0.4, 0.5) is 5.69 Å². The van der Waals surface area contributed by atoms with Crippen LogP contribution < -0.4 is 10.6 Å². The molecule has 0 radical (unpaired) electrons. The molecule has 0 fully saturated rings. The lowest BCUT2D eigenvalue weighted by molar-refractivity contribution is -0.493. The van der Waals surface area contributed by atoms with E-state index in [0.717, 1.165) is 0 Å². The Morgan fingerprint density at radius 2 is 1.46 bits per heavy atom. The molecule has 1 aliphatic heterocycles. The van der Waals surface area contributed by atoms with Crippen molar-refractivity contribution in [3.63, 3.8) is 0 Å². The molecule has 0 saturated carbocycles. The Bertz CT molecular complexity index is 1490. The van der Waals surface area contributed by atoms with Crippen LogP contribution in [0.5, 0.6) is 0 Å². The number of nitrogens with one attached hydrogen (secondary N) is 1. The van der Waals surface area contributed by atoms with Crippen LogP contribution in [0.15, 0.2) is 82.9 Å². The van der Waals surface area contributed by atoms with Gasteiger partial charge in [0, 0.05) is 11.8 Å². The zero-order valence-electron chi connectivity index (χ0n) is 18.8. The number of aromatic carboxylic acids is 2. The number of allylic oxidation sites excluding steroid dienone is 3. The van der Waals surface area contributed by atoms with Gasteiger partial charge >= 0.3 is 11.9 Å². The fraction of sp³-hybridized carbons (Fsp3) is 0.0800. The molecule has 2 aromatic carbocycles. The van der Waals surface area contributed by atoms with Gasteiger partial charge in [0.05, 0.1) is 39.1 Å². The summed E-state index contributed by atoms with van der Waals surface area (Å²) in [5.74, 6) is -2.10. The predicted octanol–water partition coefficient (Wildman–Crippen LogP) is 3.89. The lowest BCUT2D eigenvalue weighted by atomic mass is 10.2. The number of H-pyrrole nitrogens is 1. The molecule has 0 atom stereocenters. The third-order valence-corrected chi connectivity index (χ3v) is 5.51. The quantitative estimate of drug-likeness (QED) is 0.462. The third-order valence-electron chi connectivity index (χ3n) is 5.51. The first-order chi connectivity index (χ1) is 16.7. The Hall–Kier alpha value is -4.99. The summed E-state index contributed by atoms with van der Waals surface area (Å²) in [5.41, 5.74) is 2.96. The molecule has 4 rings (SSSR count). The van der Waals surface area contributed by atoms with Crippen molar-refractivity contribution in [1.29, 1.82) is 0 Å². The van der Waals surface area contributed by atoms with Crippen molar-refractivity contribution in [2.45, 2.75) is 13.8 Å². The van der Waals surface area contributed by atoms with Gasteiger partial charge in [0.2, 0.25) is 0 Å². The summed E-state index contributed by atoms with van der Waals surface area (Å²) >= 11 is 0. The van der Waals surface area contributed by atoms with Crippen LogP contribution in [0.25, 0.3) is 11.8 Å². The number of hydrazine groups is 1. The number of nitroso groups, excluding NO2 is 1. The van der Waals surface area contributed by atoms with E-state index in [-0.39, 0.29) is 16.7 Å². The van der Waals surface area contributed by atoms with Crippen molar-refractivity contribution in [3.05, 3.63) is 116 Å². The highest BCUT2D eigenvalue weighted by Crippen LogP contribution is 2.27. The summed E-state index contributed by atoms with van der Waals surface area (Å²) in [6.45, 7) is 3.50. The van der Waals surface area contributed by atoms with Gasteiger partial charge in [0.1, 0.15) is 5.69 Å². The van der Waals surface area contributed by atoms with E-state index in [2.05, 4.69) is 5.10 Å². The molecular weight excluding hydrogens is 452 g/mol. The van der Waals surface area contributed by atoms with E-state index >= 15 is 0 Å². The number of nitrogens with zero attached hydrogens (tertiary/aromatic N) is 3. The van der Waals surface area contributed by atoms with Crippen molar-refractivity contribution in [2.75, 3.05) is 5.01 Å². The Morgan fingerprint density at radius 1 is 0.914 bits per heavy atom. The maximum Gasteiger partial charge on any atom is 0.335 e. The molecule has 35 heavy (non-hydrogen) atoms. The fourth-order valence-electron chi connectivity index (χ4n) is 3.63. The largest absolute Gasteiger partial charge is 0.478 e. The van der Waals surface area contributed by atoms with Gasteiger partial charge in [-0.2, -0.15) is 0 Å². The predicted molar refractivity (Wildman–Crippen MR) is 128 cm³/mol. The van der Waals surface area contributed by atoms with Gasteiger partial charge < -0.3 is 10.2 Å². The van der Waals surface area contributed by atoms with Crippen molar-refractivity contribution in [2.24, 2.45) is 0 Å². The third kappa shape index (κ3) is 4.44. The zero-order chi connectivity index (χ0) is 25.3. The van der Waals surface area contributed by atoms with E-state index in [1.807, 2.05) is 0 Å². The highest BCUT2D eigenvalue weighted by molar-refractivity contribution is 5.88. The molecule has 1 aliphatic rings. The Kier molecular flexibility index (Phi) is 6.03. The van der Waals surface area contributed by atoms with Crippen LogP contribution in [0.2, 0.25) is 0 Å². The van der Waals surface area contributed by atoms with E-state index < -0.39 is 11.9 Å². The molecule has 10 heteroatoms. The van der Waals surface area contributed by atoms with Crippen molar-refractivity contribution in [1.82, 2.24) is 9.78 Å². The molecule has 0 spiro atoms. The van der Waals surface area contributed by atoms with Crippen molar-refractivity contribution in [3.8, 4) is 5.69 Å².